The highest BCUT2D eigenvalue weighted by atomic mass is 14.3. The number of hydrogen-bond donors (Lipinski definition) is 0. The van der Waals surface area contributed by atoms with Crippen LogP contribution in [0.2, 0.25) is 0 Å². The van der Waals surface area contributed by atoms with Crippen LogP contribution < -0.4 is 0 Å². The highest BCUT2D eigenvalue weighted by Crippen LogP contribution is 2.34. The Bertz CT molecular complexity index is 623. The Morgan fingerprint density at radius 2 is 1.45 bits per heavy atom. The number of benzene rings is 1. The van der Waals surface area contributed by atoms with Crippen LogP contribution in [0.3, 0.4) is 0 Å². The summed E-state index contributed by atoms with van der Waals surface area (Å²) in [6, 6.07) is 11.5. The van der Waals surface area contributed by atoms with Gasteiger partial charge in [0.05, 0.1) is 6.07 Å². The molecule has 0 heterocycles. The van der Waals surface area contributed by atoms with E-state index >= 15 is 0 Å². The van der Waals surface area contributed by atoms with Crippen molar-refractivity contribution in [1.82, 2.24) is 0 Å². The van der Waals surface area contributed by atoms with Crippen molar-refractivity contribution >= 4 is 0 Å². The minimum absolute atomic E-state index is 0.910. The maximum atomic E-state index is 8.46. The smallest absolute Gasteiger partial charge is 0.0912 e. The van der Waals surface area contributed by atoms with E-state index in [0.29, 0.717) is 0 Å². The molecule has 0 saturated heterocycles. The molecule has 0 bridgehead atoms. The Morgan fingerprint density at radius 3 is 2.10 bits per heavy atom. The summed E-state index contributed by atoms with van der Waals surface area (Å²) in [6.07, 6.45) is 26.4. The van der Waals surface area contributed by atoms with Crippen molar-refractivity contribution in [2.45, 2.75) is 96.8 Å². The first-order chi connectivity index (χ1) is 14.3. The molecule has 0 atom stereocenters. The van der Waals surface area contributed by atoms with E-state index in [1.165, 1.54) is 101 Å². The van der Waals surface area contributed by atoms with Gasteiger partial charge in [-0.25, -0.2) is 0 Å². The third-order valence-electron chi connectivity index (χ3n) is 6.56. The van der Waals surface area contributed by atoms with Crippen LogP contribution in [-0.2, 0) is 12.8 Å². The van der Waals surface area contributed by atoms with Crippen LogP contribution in [0.5, 0.6) is 0 Å². The average molecular weight is 392 g/mol. The second-order valence-corrected chi connectivity index (χ2v) is 8.90. The SMILES string of the molecule is CCCCCCCc1ccc(CC[C@H]2CC[C@H](CC/C=C/C=C/C#N)CC2)cc1. The Morgan fingerprint density at radius 1 is 0.828 bits per heavy atom. The van der Waals surface area contributed by atoms with E-state index in [1.807, 2.05) is 18.2 Å². The zero-order valence-corrected chi connectivity index (χ0v) is 18.6. The molecule has 158 valence electrons. The zero-order valence-electron chi connectivity index (χ0n) is 18.6. The number of rotatable bonds is 13. The van der Waals surface area contributed by atoms with Crippen molar-refractivity contribution in [3.63, 3.8) is 0 Å². The predicted octanol–water partition coefficient (Wildman–Crippen LogP) is 8.35. The first-order valence-electron chi connectivity index (χ1n) is 12.1. The summed E-state index contributed by atoms with van der Waals surface area (Å²) in [5.74, 6) is 1.84. The maximum Gasteiger partial charge on any atom is 0.0912 e. The summed E-state index contributed by atoms with van der Waals surface area (Å²) in [4.78, 5) is 0. The Kier molecular flexibility index (Phi) is 12.2. The van der Waals surface area contributed by atoms with Gasteiger partial charge in [0.2, 0.25) is 0 Å². The summed E-state index contributed by atoms with van der Waals surface area (Å²) >= 11 is 0. The molecule has 0 N–H and O–H groups in total. The molecule has 1 aliphatic rings. The number of nitrogens with zero attached hydrogens (tertiary/aromatic N) is 1. The van der Waals surface area contributed by atoms with E-state index in [0.717, 1.165) is 18.3 Å². The van der Waals surface area contributed by atoms with E-state index in [4.69, 9.17) is 5.26 Å². The van der Waals surface area contributed by atoms with Crippen molar-refractivity contribution in [3.05, 3.63) is 59.7 Å². The summed E-state index contributed by atoms with van der Waals surface area (Å²) in [5.41, 5.74) is 3.04. The Balaban J connectivity index is 1.57. The first-order valence-corrected chi connectivity index (χ1v) is 12.1. The fourth-order valence-electron chi connectivity index (χ4n) is 4.59. The average Bonchev–Trinajstić information content (AvgIpc) is 2.76. The lowest BCUT2D eigenvalue weighted by molar-refractivity contribution is 0.254. The largest absolute Gasteiger partial charge is 0.193 e. The van der Waals surface area contributed by atoms with E-state index in [1.54, 1.807) is 0 Å². The molecular weight excluding hydrogens is 350 g/mol. The molecule has 0 unspecified atom stereocenters. The van der Waals surface area contributed by atoms with Crippen LogP contribution >= 0.6 is 0 Å². The summed E-state index contributed by atoms with van der Waals surface area (Å²) in [5, 5.41) is 8.46. The highest BCUT2D eigenvalue weighted by molar-refractivity contribution is 5.22. The quantitative estimate of drug-likeness (QED) is 0.188. The Labute approximate surface area is 179 Å². The third kappa shape index (κ3) is 10.5. The third-order valence-corrected chi connectivity index (χ3v) is 6.56. The van der Waals surface area contributed by atoms with Gasteiger partial charge >= 0.3 is 0 Å². The molecule has 1 heteroatoms. The predicted molar refractivity (Wildman–Crippen MR) is 126 cm³/mol. The highest BCUT2D eigenvalue weighted by Gasteiger charge is 2.20. The van der Waals surface area contributed by atoms with Gasteiger partial charge in [-0.15, -0.1) is 0 Å². The molecule has 29 heavy (non-hydrogen) atoms. The Hall–Kier alpha value is -1.81. The molecule has 2 rings (SSSR count). The molecule has 1 aromatic carbocycles. The molecule has 1 nitrogen and oxygen atoms in total. The van der Waals surface area contributed by atoms with E-state index in [2.05, 4.69) is 37.3 Å². The molecule has 0 spiro atoms. The maximum absolute atomic E-state index is 8.46. The zero-order chi connectivity index (χ0) is 20.6. The van der Waals surface area contributed by atoms with Crippen molar-refractivity contribution in [1.29, 1.82) is 5.26 Å². The van der Waals surface area contributed by atoms with Crippen LogP contribution in [0.15, 0.2) is 48.6 Å². The van der Waals surface area contributed by atoms with Crippen molar-refractivity contribution in [2.75, 3.05) is 0 Å². The molecule has 1 saturated carbocycles. The second-order valence-electron chi connectivity index (χ2n) is 8.90. The van der Waals surface area contributed by atoms with Gasteiger partial charge in [-0.3, -0.25) is 0 Å². The lowest BCUT2D eigenvalue weighted by Crippen LogP contribution is -2.15. The van der Waals surface area contributed by atoms with Crippen molar-refractivity contribution in [2.24, 2.45) is 11.8 Å². The first kappa shape index (κ1) is 23.5. The topological polar surface area (TPSA) is 23.8 Å². The fraction of sp³-hybridized carbons (Fsp3) is 0.607. The molecule has 0 amide bonds. The summed E-state index contributed by atoms with van der Waals surface area (Å²) in [6.45, 7) is 2.28. The number of unbranched alkanes of at least 4 members (excludes halogenated alkanes) is 4. The van der Waals surface area contributed by atoms with Gasteiger partial charge in [-0.05, 0) is 61.5 Å². The van der Waals surface area contributed by atoms with E-state index in [9.17, 15) is 0 Å². The molecule has 1 aliphatic carbocycles. The minimum atomic E-state index is 0.910. The number of nitriles is 1. The van der Waals surface area contributed by atoms with Gasteiger partial charge in [-0.1, -0.05) is 101 Å². The lowest BCUT2D eigenvalue weighted by Gasteiger charge is -2.28. The van der Waals surface area contributed by atoms with E-state index in [-0.39, 0.29) is 0 Å². The van der Waals surface area contributed by atoms with Crippen LogP contribution in [0.1, 0.15) is 95.1 Å². The summed E-state index contributed by atoms with van der Waals surface area (Å²) < 4.78 is 0. The number of aryl methyl sites for hydroxylation is 2. The molecule has 1 aromatic rings. The van der Waals surface area contributed by atoms with Gasteiger partial charge in [0, 0.05) is 6.08 Å². The molecule has 0 aromatic heterocycles. The lowest BCUT2D eigenvalue weighted by atomic mass is 9.78. The van der Waals surface area contributed by atoms with Gasteiger partial charge in [0.15, 0.2) is 0 Å². The van der Waals surface area contributed by atoms with Crippen molar-refractivity contribution < 1.29 is 0 Å². The van der Waals surface area contributed by atoms with Crippen LogP contribution in [0.25, 0.3) is 0 Å². The minimum Gasteiger partial charge on any atom is -0.193 e. The van der Waals surface area contributed by atoms with Gasteiger partial charge < -0.3 is 0 Å². The molecule has 1 fully saturated rings. The van der Waals surface area contributed by atoms with Crippen LogP contribution in [-0.4, -0.2) is 0 Å². The fourth-order valence-corrected chi connectivity index (χ4v) is 4.59. The molecular formula is C28H41N. The van der Waals surface area contributed by atoms with Crippen LogP contribution in [0.4, 0.5) is 0 Å². The normalized spacial score (nSPS) is 19.7. The van der Waals surface area contributed by atoms with E-state index < -0.39 is 0 Å². The molecule has 0 aliphatic heterocycles. The van der Waals surface area contributed by atoms with Gasteiger partial charge in [-0.2, -0.15) is 5.26 Å². The number of allylic oxidation sites excluding steroid dienone is 4. The monoisotopic (exact) mass is 391 g/mol. The summed E-state index contributed by atoms with van der Waals surface area (Å²) in [7, 11) is 0. The van der Waals surface area contributed by atoms with Gasteiger partial charge in [0.1, 0.15) is 0 Å². The second kappa shape index (κ2) is 15.1. The number of hydrogen-bond acceptors (Lipinski definition) is 1. The van der Waals surface area contributed by atoms with Crippen molar-refractivity contribution in [3.8, 4) is 6.07 Å². The molecule has 0 radical (unpaired) electrons. The standard InChI is InChI=1S/C28H41N/c1-2-3-4-6-9-12-25-14-18-27(19-15-25)22-23-28-20-16-26(17-21-28)13-10-7-5-8-11-24-29/h5,7-8,11,14-15,18-19,26,28H,2-4,6,9-10,12-13,16-17,20-23H2,1H3/b7-5+,11-8+/t26-,28-. The van der Waals surface area contributed by atoms with Crippen LogP contribution in [0, 0.1) is 23.2 Å². The van der Waals surface area contributed by atoms with Gasteiger partial charge in [0.25, 0.3) is 0 Å².